The number of rotatable bonds is 2. The van der Waals surface area contributed by atoms with Gasteiger partial charge in [0, 0.05) is 60.8 Å². The van der Waals surface area contributed by atoms with E-state index in [-0.39, 0.29) is 50.0 Å². The number of nitrogens with zero attached hydrogens (tertiary/aromatic N) is 2. The van der Waals surface area contributed by atoms with Crippen LogP contribution in [-0.2, 0) is 43.3 Å². The van der Waals surface area contributed by atoms with Gasteiger partial charge in [-0.3, -0.25) is 0 Å². The fraction of sp³-hybridized carbons (Fsp3) is 0.417. The Morgan fingerprint density at radius 2 is 0.605 bits per heavy atom. The Bertz CT molecular complexity index is 3480. The number of anilines is 6. The van der Waals surface area contributed by atoms with Crippen molar-refractivity contribution in [2.75, 3.05) is 9.80 Å². The molecule has 0 aromatic heterocycles. The standard InChI is InChI=1S/C72H80BClN2/c1-41-31-48-50(67(7,8)29-27-65(48,3)4)37-58(41)75-60-39-54-52(69(11,12)44-23-19-21-25-46(44)71(54,15)16)35-56(60)73-57-36-53-55(72(17,18)47-26-22-20-24-45(47)70(53,13)14)40-61(57)76(63-34-43(74)33-62(75)64(63)73)59-38-51-49(32-42(59)2)66(5,6)28-30-68(51,9)10/h19-26,31-40H,27-30H2,1-18H3. The SMILES string of the molecule is Cc1cc2c(cc1N1c3cc4c(cc3B3c5cc6c(cc5N(c5cc7c(cc5C)C(C)(C)CCC7(C)C)c5cc(Cl)cc1c53)C(C)(C)c1ccccc1C6(C)C)C(C)(C)c1ccccc1C4(C)C)C(C)(C)CCC2(C)C. The molecule has 2 aliphatic heterocycles. The number of halogens is 1. The maximum Gasteiger partial charge on any atom is 0.252 e. The Hall–Kier alpha value is -5.51. The number of fused-ring (bicyclic) bond motifs is 10. The topological polar surface area (TPSA) is 6.48 Å². The van der Waals surface area contributed by atoms with Crippen molar-refractivity contribution < 1.29 is 0 Å². The Morgan fingerprint density at radius 1 is 0.329 bits per heavy atom. The number of benzene rings is 7. The van der Waals surface area contributed by atoms with Gasteiger partial charge in [0.2, 0.25) is 0 Å². The van der Waals surface area contributed by atoms with Crippen molar-refractivity contribution in [2.24, 2.45) is 0 Å². The second-order valence-electron chi connectivity index (χ2n) is 29.4. The van der Waals surface area contributed by atoms with Crippen LogP contribution in [0.1, 0.15) is 214 Å². The molecule has 76 heavy (non-hydrogen) atoms. The van der Waals surface area contributed by atoms with E-state index in [4.69, 9.17) is 11.6 Å². The van der Waals surface area contributed by atoms with E-state index in [0.29, 0.717) is 0 Å². The molecular weight excluding hydrogens is 939 g/mol. The summed E-state index contributed by atoms with van der Waals surface area (Å²) in [5.74, 6) is 0. The Balaban J connectivity index is 1.19. The van der Waals surface area contributed by atoms with Crippen molar-refractivity contribution in [3.8, 4) is 0 Å². The van der Waals surface area contributed by atoms with E-state index in [9.17, 15) is 0 Å². The van der Waals surface area contributed by atoms with Crippen molar-refractivity contribution in [1.82, 2.24) is 0 Å². The summed E-state index contributed by atoms with van der Waals surface area (Å²) < 4.78 is 0. The van der Waals surface area contributed by atoms with E-state index in [0.717, 1.165) is 17.9 Å². The second-order valence-corrected chi connectivity index (χ2v) is 29.8. The van der Waals surface area contributed by atoms with Crippen molar-refractivity contribution in [2.45, 2.75) is 194 Å². The zero-order chi connectivity index (χ0) is 54.1. The van der Waals surface area contributed by atoms with Crippen molar-refractivity contribution in [3.63, 3.8) is 0 Å². The van der Waals surface area contributed by atoms with Crippen LogP contribution in [0.5, 0.6) is 0 Å². The Kier molecular flexibility index (Phi) is 10.1. The summed E-state index contributed by atoms with van der Waals surface area (Å²) in [4.78, 5) is 5.37. The fourth-order valence-electron chi connectivity index (χ4n) is 16.3. The number of hydrogen-bond acceptors (Lipinski definition) is 2. The third kappa shape index (κ3) is 6.54. The average Bonchev–Trinajstić information content (AvgIpc) is 3.52. The minimum atomic E-state index is -0.242. The lowest BCUT2D eigenvalue weighted by atomic mass is 9.32. The predicted octanol–water partition coefficient (Wildman–Crippen LogP) is 17.7. The van der Waals surface area contributed by atoms with Crippen LogP contribution in [0.2, 0.25) is 5.02 Å². The molecule has 0 radical (unpaired) electrons. The van der Waals surface area contributed by atoms with Crippen molar-refractivity contribution in [1.29, 1.82) is 0 Å². The van der Waals surface area contributed by atoms with Crippen LogP contribution in [-0.4, -0.2) is 6.71 Å². The molecule has 388 valence electrons. The highest BCUT2D eigenvalue weighted by Crippen LogP contribution is 2.58. The van der Waals surface area contributed by atoms with E-state index in [1.165, 1.54) is 141 Å². The summed E-state index contributed by atoms with van der Waals surface area (Å²) in [6.45, 7) is 44.1. The molecule has 0 atom stereocenters. The molecule has 2 nitrogen and oxygen atoms in total. The van der Waals surface area contributed by atoms with Gasteiger partial charge < -0.3 is 9.80 Å². The molecule has 0 bridgehead atoms. The molecule has 0 saturated heterocycles. The third-order valence-corrected chi connectivity index (χ3v) is 21.6. The van der Waals surface area contributed by atoms with Crippen LogP contribution in [0.25, 0.3) is 0 Å². The monoisotopic (exact) mass is 1020 g/mol. The number of hydrogen-bond donors (Lipinski definition) is 0. The molecule has 0 amide bonds. The van der Waals surface area contributed by atoms with Crippen molar-refractivity contribution in [3.05, 3.63) is 192 Å². The Labute approximate surface area is 461 Å². The third-order valence-electron chi connectivity index (χ3n) is 21.4. The van der Waals surface area contributed by atoms with Gasteiger partial charge in [-0.2, -0.15) is 0 Å². The molecule has 7 aromatic carbocycles. The Morgan fingerprint density at radius 3 is 0.921 bits per heavy atom. The fourth-order valence-corrected chi connectivity index (χ4v) is 16.5. The van der Waals surface area contributed by atoms with Crippen molar-refractivity contribution >= 4 is 68.8 Å². The van der Waals surface area contributed by atoms with E-state index in [2.05, 4.69) is 244 Å². The van der Waals surface area contributed by atoms with Gasteiger partial charge >= 0.3 is 0 Å². The summed E-state index contributed by atoms with van der Waals surface area (Å²) in [6.07, 6.45) is 4.66. The maximum atomic E-state index is 7.82. The molecule has 7 aromatic rings. The molecule has 2 heterocycles. The van der Waals surface area contributed by atoms with Gasteiger partial charge in [-0.25, -0.2) is 0 Å². The smallest absolute Gasteiger partial charge is 0.252 e. The minimum Gasteiger partial charge on any atom is -0.311 e. The lowest BCUT2D eigenvalue weighted by molar-refractivity contribution is 0.332. The predicted molar refractivity (Wildman–Crippen MR) is 327 cm³/mol. The van der Waals surface area contributed by atoms with E-state index < -0.39 is 0 Å². The van der Waals surface area contributed by atoms with Gasteiger partial charge in [-0.1, -0.05) is 195 Å². The molecule has 0 unspecified atom stereocenters. The molecular formula is C72H80BClN2. The summed E-state index contributed by atoms with van der Waals surface area (Å²) in [7, 11) is 0. The van der Waals surface area contributed by atoms with E-state index >= 15 is 0 Å². The van der Waals surface area contributed by atoms with E-state index in [1.807, 2.05) is 0 Å². The summed E-state index contributed by atoms with van der Waals surface area (Å²) in [5.41, 5.74) is 30.5. The molecule has 13 rings (SSSR count). The van der Waals surface area contributed by atoms with Gasteiger partial charge in [-0.05, 0) is 192 Å². The first kappa shape index (κ1) is 50.0. The van der Waals surface area contributed by atoms with Crippen LogP contribution in [0.4, 0.5) is 34.1 Å². The normalized spacial score (nSPS) is 21.1. The maximum absolute atomic E-state index is 7.82. The minimum absolute atomic E-state index is 0.0220. The van der Waals surface area contributed by atoms with Crippen LogP contribution in [0.3, 0.4) is 0 Å². The second kappa shape index (κ2) is 15.4. The molecule has 0 fully saturated rings. The van der Waals surface area contributed by atoms with Gasteiger partial charge in [0.05, 0.1) is 0 Å². The molecule has 0 saturated carbocycles. The van der Waals surface area contributed by atoms with Gasteiger partial charge in [0.15, 0.2) is 0 Å². The molecule has 4 aliphatic carbocycles. The average molecular weight is 1020 g/mol. The number of aryl methyl sites for hydroxylation is 2. The summed E-state index contributed by atoms with van der Waals surface area (Å²) in [5, 5.41) is 0.755. The largest absolute Gasteiger partial charge is 0.311 e. The zero-order valence-electron chi connectivity index (χ0n) is 49.1. The van der Waals surface area contributed by atoms with Gasteiger partial charge in [0.25, 0.3) is 6.71 Å². The van der Waals surface area contributed by atoms with Crippen LogP contribution >= 0.6 is 11.6 Å². The lowest BCUT2D eigenvalue weighted by Crippen LogP contribution is -2.62. The quantitative estimate of drug-likeness (QED) is 0.159. The van der Waals surface area contributed by atoms with Crippen LogP contribution in [0, 0.1) is 13.8 Å². The lowest BCUT2D eigenvalue weighted by Gasteiger charge is -2.50. The van der Waals surface area contributed by atoms with Crippen LogP contribution in [0.15, 0.2) is 109 Å². The molecule has 0 N–H and O–H groups in total. The van der Waals surface area contributed by atoms with E-state index in [1.54, 1.807) is 0 Å². The first-order valence-corrected chi connectivity index (χ1v) is 29.1. The highest BCUT2D eigenvalue weighted by molar-refractivity contribution is 7.00. The molecule has 0 spiro atoms. The first-order chi connectivity index (χ1) is 35.4. The summed E-state index contributed by atoms with van der Waals surface area (Å²) >= 11 is 7.82. The molecule has 6 aliphatic rings. The first-order valence-electron chi connectivity index (χ1n) is 28.7. The zero-order valence-corrected chi connectivity index (χ0v) is 49.8. The van der Waals surface area contributed by atoms with Crippen LogP contribution < -0.4 is 26.2 Å². The van der Waals surface area contributed by atoms with Gasteiger partial charge in [-0.15, -0.1) is 0 Å². The molecule has 4 heteroatoms. The van der Waals surface area contributed by atoms with Gasteiger partial charge in [0.1, 0.15) is 0 Å². The highest BCUT2D eigenvalue weighted by atomic mass is 35.5. The summed E-state index contributed by atoms with van der Waals surface area (Å²) in [6, 6.07) is 44.2. The highest BCUT2D eigenvalue weighted by Gasteiger charge is 2.51.